The summed E-state index contributed by atoms with van der Waals surface area (Å²) < 4.78 is 18.8. The molecule has 0 radical (unpaired) electrons. The monoisotopic (exact) mass is 368 g/mol. The van der Waals surface area contributed by atoms with Crippen LogP contribution in [0.5, 0.6) is 0 Å². The van der Waals surface area contributed by atoms with Crippen molar-refractivity contribution < 1.29 is 13.9 Å². The normalized spacial score (nSPS) is 14.5. The first-order valence-corrected chi connectivity index (χ1v) is 9.03. The number of anilines is 1. The van der Waals surface area contributed by atoms with Crippen molar-refractivity contribution in [1.29, 1.82) is 0 Å². The smallest absolute Gasteiger partial charge is 0.251 e. The number of morpholine rings is 1. The minimum atomic E-state index is -0.264. The molecule has 140 valence electrons. The number of ether oxygens (including phenoxy) is 1. The number of nitrogens with zero attached hydrogens (tertiary/aromatic N) is 2. The second kappa shape index (κ2) is 7.75. The SMILES string of the molecule is O=C(NCCc1c[nH]c2ccc(F)cc12)c1ccnc(N2CCOCC2)c1. The fraction of sp³-hybridized carbons (Fsp3) is 0.300. The van der Waals surface area contributed by atoms with E-state index in [1.807, 2.05) is 12.3 Å². The van der Waals surface area contributed by atoms with Crippen LogP contribution in [0.15, 0.2) is 42.7 Å². The van der Waals surface area contributed by atoms with Gasteiger partial charge in [-0.05, 0) is 42.3 Å². The zero-order valence-corrected chi connectivity index (χ0v) is 14.9. The largest absolute Gasteiger partial charge is 0.378 e. The quantitative estimate of drug-likeness (QED) is 0.726. The molecule has 3 heterocycles. The minimum Gasteiger partial charge on any atom is -0.378 e. The van der Waals surface area contributed by atoms with Crippen LogP contribution in [0.25, 0.3) is 10.9 Å². The van der Waals surface area contributed by atoms with Gasteiger partial charge in [-0.3, -0.25) is 4.79 Å². The van der Waals surface area contributed by atoms with Crippen molar-refractivity contribution in [2.45, 2.75) is 6.42 Å². The van der Waals surface area contributed by atoms with Crippen molar-refractivity contribution in [3.8, 4) is 0 Å². The maximum Gasteiger partial charge on any atom is 0.251 e. The number of carbonyl (C=O) groups is 1. The van der Waals surface area contributed by atoms with Gasteiger partial charge in [0.1, 0.15) is 11.6 Å². The second-order valence-electron chi connectivity index (χ2n) is 6.51. The van der Waals surface area contributed by atoms with E-state index in [2.05, 4.69) is 20.2 Å². The predicted molar refractivity (Wildman–Crippen MR) is 102 cm³/mol. The molecular formula is C20H21FN4O2. The molecule has 1 aromatic carbocycles. The fourth-order valence-corrected chi connectivity index (χ4v) is 3.30. The summed E-state index contributed by atoms with van der Waals surface area (Å²) in [5.41, 5.74) is 2.45. The van der Waals surface area contributed by atoms with Crippen LogP contribution in [-0.2, 0) is 11.2 Å². The van der Waals surface area contributed by atoms with Gasteiger partial charge in [0.25, 0.3) is 5.91 Å². The highest BCUT2D eigenvalue weighted by Gasteiger charge is 2.14. The van der Waals surface area contributed by atoms with Crippen LogP contribution in [0, 0.1) is 5.82 Å². The lowest BCUT2D eigenvalue weighted by Gasteiger charge is -2.27. The van der Waals surface area contributed by atoms with Crippen molar-refractivity contribution in [2.24, 2.45) is 0 Å². The first-order valence-electron chi connectivity index (χ1n) is 9.03. The van der Waals surface area contributed by atoms with Crippen molar-refractivity contribution >= 4 is 22.6 Å². The van der Waals surface area contributed by atoms with Crippen molar-refractivity contribution in [3.63, 3.8) is 0 Å². The van der Waals surface area contributed by atoms with E-state index in [9.17, 15) is 9.18 Å². The topological polar surface area (TPSA) is 70.2 Å². The highest BCUT2D eigenvalue weighted by Crippen LogP contribution is 2.19. The second-order valence-corrected chi connectivity index (χ2v) is 6.51. The number of hydrogen-bond donors (Lipinski definition) is 2. The Kier molecular flexibility index (Phi) is 5.02. The number of aromatic amines is 1. The molecule has 0 bridgehead atoms. The predicted octanol–water partition coefficient (Wildman–Crippen LogP) is 2.51. The third kappa shape index (κ3) is 3.93. The van der Waals surface area contributed by atoms with E-state index in [4.69, 9.17) is 4.74 Å². The highest BCUT2D eigenvalue weighted by atomic mass is 19.1. The fourth-order valence-electron chi connectivity index (χ4n) is 3.30. The molecule has 1 fully saturated rings. The summed E-state index contributed by atoms with van der Waals surface area (Å²) in [4.78, 5) is 22.1. The number of hydrogen-bond acceptors (Lipinski definition) is 4. The van der Waals surface area contributed by atoms with Gasteiger partial charge in [-0.2, -0.15) is 0 Å². The lowest BCUT2D eigenvalue weighted by Crippen LogP contribution is -2.37. The molecule has 1 aliphatic heterocycles. The summed E-state index contributed by atoms with van der Waals surface area (Å²) in [6.45, 7) is 3.36. The van der Waals surface area contributed by atoms with E-state index in [0.717, 1.165) is 35.4 Å². The van der Waals surface area contributed by atoms with Crippen molar-refractivity contribution in [2.75, 3.05) is 37.7 Å². The number of aromatic nitrogens is 2. The Hall–Kier alpha value is -2.93. The van der Waals surface area contributed by atoms with Crippen LogP contribution in [0.2, 0.25) is 0 Å². The molecule has 0 unspecified atom stereocenters. The van der Waals surface area contributed by atoms with Gasteiger partial charge in [0, 0.05) is 48.5 Å². The number of amides is 1. The molecule has 4 rings (SSSR count). The number of benzene rings is 1. The molecule has 27 heavy (non-hydrogen) atoms. The van der Waals surface area contributed by atoms with Gasteiger partial charge in [-0.15, -0.1) is 0 Å². The molecule has 1 saturated heterocycles. The first kappa shape index (κ1) is 17.5. The summed E-state index contributed by atoms with van der Waals surface area (Å²) >= 11 is 0. The highest BCUT2D eigenvalue weighted by molar-refractivity contribution is 5.94. The van der Waals surface area contributed by atoms with Crippen LogP contribution < -0.4 is 10.2 Å². The summed E-state index contributed by atoms with van der Waals surface area (Å²) in [7, 11) is 0. The number of rotatable bonds is 5. The van der Waals surface area contributed by atoms with Crippen LogP contribution >= 0.6 is 0 Å². The van der Waals surface area contributed by atoms with Gasteiger partial charge in [0.15, 0.2) is 0 Å². The molecule has 3 aromatic rings. The minimum absolute atomic E-state index is 0.141. The van der Waals surface area contributed by atoms with Crippen LogP contribution in [0.3, 0.4) is 0 Å². The van der Waals surface area contributed by atoms with Crippen LogP contribution in [0.4, 0.5) is 10.2 Å². The van der Waals surface area contributed by atoms with Gasteiger partial charge in [-0.25, -0.2) is 9.37 Å². The zero-order valence-electron chi connectivity index (χ0n) is 14.9. The molecule has 1 aliphatic rings. The van der Waals surface area contributed by atoms with Gasteiger partial charge >= 0.3 is 0 Å². The summed E-state index contributed by atoms with van der Waals surface area (Å²) in [6.07, 6.45) is 4.14. The third-order valence-electron chi connectivity index (χ3n) is 4.75. The molecule has 1 amide bonds. The lowest BCUT2D eigenvalue weighted by molar-refractivity contribution is 0.0954. The van der Waals surface area contributed by atoms with E-state index in [0.29, 0.717) is 31.7 Å². The Bertz CT molecular complexity index is 950. The van der Waals surface area contributed by atoms with Gasteiger partial charge in [0.2, 0.25) is 0 Å². The third-order valence-corrected chi connectivity index (χ3v) is 4.75. The number of fused-ring (bicyclic) bond motifs is 1. The molecule has 6 nitrogen and oxygen atoms in total. The summed E-state index contributed by atoms with van der Waals surface area (Å²) in [6, 6.07) is 8.18. The van der Waals surface area contributed by atoms with E-state index >= 15 is 0 Å². The Balaban J connectivity index is 1.38. The van der Waals surface area contributed by atoms with Crippen molar-refractivity contribution in [3.05, 3.63) is 59.7 Å². The Labute approximate surface area is 156 Å². The maximum absolute atomic E-state index is 13.5. The van der Waals surface area contributed by atoms with E-state index in [1.165, 1.54) is 12.1 Å². The van der Waals surface area contributed by atoms with Gasteiger partial charge < -0.3 is 19.9 Å². The van der Waals surface area contributed by atoms with E-state index in [-0.39, 0.29) is 11.7 Å². The molecule has 0 atom stereocenters. The van der Waals surface area contributed by atoms with E-state index in [1.54, 1.807) is 18.3 Å². The van der Waals surface area contributed by atoms with Gasteiger partial charge in [0.05, 0.1) is 13.2 Å². The first-order chi connectivity index (χ1) is 13.2. The number of pyridine rings is 1. The average Bonchev–Trinajstić information content (AvgIpc) is 3.11. The van der Waals surface area contributed by atoms with E-state index < -0.39 is 0 Å². The lowest BCUT2D eigenvalue weighted by atomic mass is 10.1. The molecule has 7 heteroatoms. The Morgan fingerprint density at radius 3 is 2.96 bits per heavy atom. The summed E-state index contributed by atoms with van der Waals surface area (Å²) in [5, 5.41) is 3.78. The van der Waals surface area contributed by atoms with Crippen LogP contribution in [-0.4, -0.2) is 48.7 Å². The Morgan fingerprint density at radius 2 is 2.11 bits per heavy atom. The molecule has 2 N–H and O–H groups in total. The van der Waals surface area contributed by atoms with Crippen molar-refractivity contribution in [1.82, 2.24) is 15.3 Å². The molecular weight excluding hydrogens is 347 g/mol. The molecule has 0 aliphatic carbocycles. The number of nitrogens with one attached hydrogen (secondary N) is 2. The molecule has 2 aromatic heterocycles. The number of carbonyl (C=O) groups excluding carboxylic acids is 1. The number of halogens is 1. The zero-order chi connectivity index (χ0) is 18.6. The summed E-state index contributed by atoms with van der Waals surface area (Å²) in [5.74, 6) is 0.385. The maximum atomic E-state index is 13.5. The molecule has 0 saturated carbocycles. The average molecular weight is 368 g/mol. The van der Waals surface area contributed by atoms with Gasteiger partial charge in [-0.1, -0.05) is 0 Å². The standard InChI is InChI=1S/C20H21FN4O2/c21-16-1-2-18-17(12-16)15(13-24-18)4-6-23-20(26)14-3-5-22-19(11-14)25-7-9-27-10-8-25/h1-3,5,11-13,24H,4,6-10H2,(H,23,26). The number of H-pyrrole nitrogens is 1. The Morgan fingerprint density at radius 1 is 1.26 bits per heavy atom. The van der Waals surface area contributed by atoms with Crippen LogP contribution in [0.1, 0.15) is 15.9 Å². The molecule has 0 spiro atoms.